The zero-order valence-electron chi connectivity index (χ0n) is 16.5. The van der Waals surface area contributed by atoms with Gasteiger partial charge in [-0.1, -0.05) is 30.3 Å². The van der Waals surface area contributed by atoms with Gasteiger partial charge in [0.05, 0.1) is 12.3 Å². The van der Waals surface area contributed by atoms with Crippen molar-refractivity contribution in [1.82, 2.24) is 5.32 Å². The number of ether oxygens (including phenoxy) is 2. The largest absolute Gasteiger partial charge is 0.492 e. The lowest BCUT2D eigenvalue weighted by Crippen LogP contribution is -2.47. The predicted molar refractivity (Wildman–Crippen MR) is 114 cm³/mol. The smallest absolute Gasteiger partial charge is 0.313 e. The van der Waals surface area contributed by atoms with Crippen molar-refractivity contribution in [1.29, 1.82) is 0 Å². The number of benzene rings is 2. The molecule has 0 atom stereocenters. The van der Waals surface area contributed by atoms with E-state index >= 15 is 0 Å². The van der Waals surface area contributed by atoms with E-state index in [-0.39, 0.29) is 4.75 Å². The van der Waals surface area contributed by atoms with E-state index in [1.54, 1.807) is 30.0 Å². The van der Waals surface area contributed by atoms with Gasteiger partial charge in [-0.3, -0.25) is 9.59 Å². The highest BCUT2D eigenvalue weighted by atomic mass is 32.2. The third-order valence-corrected chi connectivity index (χ3v) is 6.19. The van der Waals surface area contributed by atoms with Crippen molar-refractivity contribution < 1.29 is 19.1 Å². The molecule has 0 saturated carbocycles. The van der Waals surface area contributed by atoms with Gasteiger partial charge < -0.3 is 20.1 Å². The van der Waals surface area contributed by atoms with Crippen LogP contribution in [0, 0.1) is 0 Å². The van der Waals surface area contributed by atoms with Crippen molar-refractivity contribution >= 4 is 29.3 Å². The van der Waals surface area contributed by atoms with Crippen LogP contribution in [-0.2, 0) is 14.3 Å². The molecule has 1 fully saturated rings. The quantitative estimate of drug-likeness (QED) is 0.679. The van der Waals surface area contributed by atoms with Crippen LogP contribution in [0.4, 0.5) is 5.69 Å². The number of carbonyl (C=O) groups is 2. The average molecular weight is 415 g/mol. The van der Waals surface area contributed by atoms with Crippen LogP contribution in [0.15, 0.2) is 59.5 Å². The Morgan fingerprint density at radius 3 is 2.45 bits per heavy atom. The monoisotopic (exact) mass is 414 g/mol. The van der Waals surface area contributed by atoms with Gasteiger partial charge in [0.2, 0.25) is 0 Å². The van der Waals surface area contributed by atoms with E-state index < -0.39 is 11.8 Å². The highest BCUT2D eigenvalue weighted by Gasteiger charge is 2.35. The number of nitrogens with one attached hydrogen (secondary N) is 2. The molecule has 6 nitrogen and oxygen atoms in total. The van der Waals surface area contributed by atoms with Gasteiger partial charge >= 0.3 is 11.8 Å². The summed E-state index contributed by atoms with van der Waals surface area (Å²) in [6.45, 7) is 4.02. The molecule has 2 amide bonds. The lowest BCUT2D eigenvalue weighted by atomic mass is 9.99. The van der Waals surface area contributed by atoms with Gasteiger partial charge in [-0.15, -0.1) is 11.8 Å². The van der Waals surface area contributed by atoms with Gasteiger partial charge in [-0.05, 0) is 44.0 Å². The molecule has 0 bridgehead atoms. The minimum absolute atomic E-state index is 0.196. The minimum atomic E-state index is -0.705. The van der Waals surface area contributed by atoms with E-state index in [0.717, 1.165) is 17.7 Å². The van der Waals surface area contributed by atoms with Crippen LogP contribution in [0.3, 0.4) is 0 Å². The van der Waals surface area contributed by atoms with Gasteiger partial charge in [-0.25, -0.2) is 0 Å². The fourth-order valence-corrected chi connectivity index (χ4v) is 4.46. The molecule has 3 rings (SSSR count). The van der Waals surface area contributed by atoms with Crippen LogP contribution in [-0.4, -0.2) is 42.9 Å². The number of carbonyl (C=O) groups excluding carboxylic acids is 2. The Morgan fingerprint density at radius 1 is 1.03 bits per heavy atom. The number of amides is 2. The van der Waals surface area contributed by atoms with E-state index in [4.69, 9.17) is 9.47 Å². The Balaban J connectivity index is 1.62. The van der Waals surface area contributed by atoms with Gasteiger partial charge in [0, 0.05) is 29.4 Å². The number of hydrogen-bond acceptors (Lipinski definition) is 5. The molecule has 7 heteroatoms. The molecule has 2 N–H and O–H groups in total. The van der Waals surface area contributed by atoms with Gasteiger partial charge in [-0.2, -0.15) is 0 Å². The first-order chi connectivity index (χ1) is 14.1. The SMILES string of the molecule is CCOc1ccccc1NC(=O)C(=O)NCC1(Sc2ccccc2)CCOCC1. The van der Waals surface area contributed by atoms with E-state index in [0.29, 0.717) is 37.8 Å². The second-order valence-corrected chi connectivity index (χ2v) is 8.32. The number of para-hydroxylation sites is 2. The first-order valence-electron chi connectivity index (χ1n) is 9.75. The van der Waals surface area contributed by atoms with Crippen LogP contribution in [0.1, 0.15) is 19.8 Å². The molecule has 0 unspecified atom stereocenters. The maximum atomic E-state index is 12.4. The summed E-state index contributed by atoms with van der Waals surface area (Å²) in [5.74, 6) is -0.823. The number of rotatable bonds is 7. The summed E-state index contributed by atoms with van der Waals surface area (Å²) in [5, 5.41) is 5.45. The molecule has 0 aliphatic carbocycles. The third-order valence-electron chi connectivity index (χ3n) is 4.69. The molecule has 1 aliphatic heterocycles. The second-order valence-electron chi connectivity index (χ2n) is 6.78. The van der Waals surface area contributed by atoms with Crippen LogP contribution >= 0.6 is 11.8 Å². The van der Waals surface area contributed by atoms with Crippen molar-refractivity contribution in [3.63, 3.8) is 0 Å². The zero-order valence-corrected chi connectivity index (χ0v) is 17.3. The van der Waals surface area contributed by atoms with Crippen molar-refractivity contribution in [3.8, 4) is 5.75 Å². The minimum Gasteiger partial charge on any atom is -0.492 e. The topological polar surface area (TPSA) is 76.7 Å². The fourth-order valence-electron chi connectivity index (χ4n) is 3.15. The Hall–Kier alpha value is -2.51. The van der Waals surface area contributed by atoms with Crippen molar-refractivity contribution in [2.45, 2.75) is 29.4 Å². The molecule has 2 aromatic rings. The maximum Gasteiger partial charge on any atom is 0.313 e. The first-order valence-corrected chi connectivity index (χ1v) is 10.6. The molecule has 154 valence electrons. The highest BCUT2D eigenvalue weighted by Crippen LogP contribution is 2.40. The number of thioether (sulfide) groups is 1. The average Bonchev–Trinajstić information content (AvgIpc) is 2.75. The normalized spacial score (nSPS) is 15.3. The van der Waals surface area contributed by atoms with E-state index in [9.17, 15) is 9.59 Å². The van der Waals surface area contributed by atoms with Crippen LogP contribution in [0.2, 0.25) is 0 Å². The molecular formula is C22H26N2O4S. The van der Waals surface area contributed by atoms with Crippen LogP contribution < -0.4 is 15.4 Å². The maximum absolute atomic E-state index is 12.4. The molecule has 0 aromatic heterocycles. The summed E-state index contributed by atoms with van der Waals surface area (Å²) < 4.78 is 10.8. The van der Waals surface area contributed by atoms with E-state index in [2.05, 4.69) is 22.8 Å². The Morgan fingerprint density at radius 2 is 1.72 bits per heavy atom. The zero-order chi connectivity index (χ0) is 20.5. The molecule has 2 aromatic carbocycles. The molecule has 29 heavy (non-hydrogen) atoms. The summed E-state index contributed by atoms with van der Waals surface area (Å²) in [4.78, 5) is 26.0. The molecule has 0 spiro atoms. The molecule has 1 aliphatic rings. The van der Waals surface area contributed by atoms with Crippen molar-refractivity contribution in [3.05, 3.63) is 54.6 Å². The lowest BCUT2D eigenvalue weighted by molar-refractivity contribution is -0.136. The summed E-state index contributed by atoms with van der Waals surface area (Å²) in [6, 6.07) is 17.1. The standard InChI is InChI=1S/C22H26N2O4S/c1-2-28-19-11-7-6-10-18(19)24-21(26)20(25)23-16-22(12-14-27-15-13-22)29-17-8-4-3-5-9-17/h3-11H,2,12-16H2,1H3,(H,23,25)(H,24,26). The lowest BCUT2D eigenvalue weighted by Gasteiger charge is -2.36. The second kappa shape index (κ2) is 10.3. The first kappa shape index (κ1) is 21.2. The molecule has 0 radical (unpaired) electrons. The highest BCUT2D eigenvalue weighted by molar-refractivity contribution is 8.00. The van der Waals surface area contributed by atoms with Crippen LogP contribution in [0.25, 0.3) is 0 Å². The molecule has 1 saturated heterocycles. The summed E-state index contributed by atoms with van der Waals surface area (Å²) in [6.07, 6.45) is 1.61. The number of hydrogen-bond donors (Lipinski definition) is 2. The van der Waals surface area contributed by atoms with Crippen molar-refractivity contribution in [2.24, 2.45) is 0 Å². The Labute approximate surface area is 175 Å². The van der Waals surface area contributed by atoms with Gasteiger partial charge in [0.25, 0.3) is 0 Å². The summed E-state index contributed by atoms with van der Waals surface area (Å²) in [7, 11) is 0. The van der Waals surface area contributed by atoms with E-state index in [1.165, 1.54) is 0 Å². The predicted octanol–water partition coefficient (Wildman–Crippen LogP) is 3.48. The molecular weight excluding hydrogens is 388 g/mol. The van der Waals surface area contributed by atoms with Crippen LogP contribution in [0.5, 0.6) is 5.75 Å². The summed E-state index contributed by atoms with van der Waals surface area (Å²) >= 11 is 1.73. The third kappa shape index (κ3) is 5.98. The Bertz CT molecular complexity index is 823. The van der Waals surface area contributed by atoms with E-state index in [1.807, 2.05) is 31.2 Å². The fraction of sp³-hybridized carbons (Fsp3) is 0.364. The number of anilines is 1. The van der Waals surface area contributed by atoms with Gasteiger partial charge in [0.1, 0.15) is 5.75 Å². The molecule has 1 heterocycles. The Kier molecular flexibility index (Phi) is 7.55. The summed E-state index contributed by atoms with van der Waals surface area (Å²) in [5.41, 5.74) is 0.481. The van der Waals surface area contributed by atoms with Crippen molar-refractivity contribution in [2.75, 3.05) is 31.7 Å². The van der Waals surface area contributed by atoms with Gasteiger partial charge in [0.15, 0.2) is 0 Å².